The molecule has 0 bridgehead atoms. The first-order chi connectivity index (χ1) is 16.9. The van der Waals surface area contributed by atoms with Crippen LogP contribution in [0.15, 0.2) is 84.9 Å². The molecule has 0 unspecified atom stereocenters. The van der Waals surface area contributed by atoms with Crippen molar-refractivity contribution in [3.63, 3.8) is 0 Å². The van der Waals surface area contributed by atoms with Crippen molar-refractivity contribution in [2.45, 2.75) is 32.9 Å². The molecule has 0 atom stereocenters. The molecule has 0 fully saturated rings. The lowest BCUT2D eigenvalue weighted by atomic mass is 9.97. The van der Waals surface area contributed by atoms with Gasteiger partial charge in [-0.15, -0.1) is 0 Å². The first-order valence-corrected chi connectivity index (χ1v) is 11.9. The van der Waals surface area contributed by atoms with Crippen molar-refractivity contribution in [1.29, 1.82) is 0 Å². The van der Waals surface area contributed by atoms with E-state index in [2.05, 4.69) is 18.7 Å². The highest BCUT2D eigenvalue weighted by atomic mass is 19.4. The molecule has 0 aliphatic carbocycles. The molecule has 0 saturated heterocycles. The fraction of sp³-hybridized carbons (Fsp3) is 0.241. The van der Waals surface area contributed by atoms with Crippen LogP contribution in [0.1, 0.15) is 32.3 Å². The lowest BCUT2D eigenvalue weighted by Gasteiger charge is -2.27. The first kappa shape index (κ1) is 24.5. The van der Waals surface area contributed by atoms with Crippen LogP contribution in [0.5, 0.6) is 0 Å². The minimum atomic E-state index is -4.45. The van der Waals surface area contributed by atoms with Crippen LogP contribution in [0.4, 0.5) is 19.0 Å². The molecule has 3 aromatic carbocycles. The maximum atomic E-state index is 13.6. The minimum absolute atomic E-state index is 0.410. The first-order valence-electron chi connectivity index (χ1n) is 11.9. The molecule has 35 heavy (non-hydrogen) atoms. The Morgan fingerprint density at radius 1 is 0.686 bits per heavy atom. The average molecular weight is 476 g/mol. The summed E-state index contributed by atoms with van der Waals surface area (Å²) in [4.78, 5) is 12.1. The number of benzene rings is 3. The molecule has 4 rings (SSSR count). The van der Waals surface area contributed by atoms with E-state index in [0.717, 1.165) is 54.5 Å². The van der Waals surface area contributed by atoms with E-state index in [1.165, 1.54) is 12.1 Å². The number of alkyl halides is 3. The van der Waals surface area contributed by atoms with Crippen LogP contribution in [-0.2, 0) is 6.18 Å². The monoisotopic (exact) mass is 475 g/mol. The Hall–Kier alpha value is -3.67. The summed E-state index contributed by atoms with van der Waals surface area (Å²) in [5.74, 6) is 1.23. The molecule has 4 aromatic rings. The molecule has 0 radical (unpaired) electrons. The summed E-state index contributed by atoms with van der Waals surface area (Å²) in [6.45, 7) is 5.78. The van der Waals surface area contributed by atoms with Crippen molar-refractivity contribution in [1.82, 2.24) is 9.97 Å². The highest BCUT2D eigenvalue weighted by Crippen LogP contribution is 2.40. The zero-order valence-corrected chi connectivity index (χ0v) is 19.9. The van der Waals surface area contributed by atoms with Gasteiger partial charge in [-0.1, -0.05) is 86.6 Å². The van der Waals surface area contributed by atoms with Crippen LogP contribution in [-0.4, -0.2) is 23.1 Å². The summed E-state index contributed by atoms with van der Waals surface area (Å²) >= 11 is 0. The van der Waals surface area contributed by atoms with E-state index in [9.17, 15) is 13.2 Å². The van der Waals surface area contributed by atoms with E-state index < -0.39 is 11.7 Å². The number of halogens is 3. The number of anilines is 1. The van der Waals surface area contributed by atoms with Crippen molar-refractivity contribution >= 4 is 5.82 Å². The Labute approximate surface area is 204 Å². The van der Waals surface area contributed by atoms with Crippen LogP contribution in [0.3, 0.4) is 0 Å². The number of nitrogens with zero attached hydrogens (tertiary/aromatic N) is 3. The van der Waals surface area contributed by atoms with Crippen LogP contribution >= 0.6 is 0 Å². The fourth-order valence-electron chi connectivity index (χ4n) is 4.18. The van der Waals surface area contributed by atoms with Gasteiger partial charge in [0.25, 0.3) is 0 Å². The SMILES string of the molecule is CCCN(CCC)c1nc(-c2ccccc2)nc(-c2cccc(C(F)(F)F)c2)c1-c1ccccc1. The van der Waals surface area contributed by atoms with Gasteiger partial charge in [0.2, 0.25) is 0 Å². The molecule has 0 aliphatic rings. The molecule has 0 N–H and O–H groups in total. The van der Waals surface area contributed by atoms with Gasteiger partial charge >= 0.3 is 6.18 Å². The van der Waals surface area contributed by atoms with Gasteiger partial charge in [-0.05, 0) is 30.5 Å². The van der Waals surface area contributed by atoms with Gasteiger partial charge in [0, 0.05) is 24.2 Å². The maximum Gasteiger partial charge on any atom is 0.416 e. The fourth-order valence-corrected chi connectivity index (χ4v) is 4.18. The second-order valence-electron chi connectivity index (χ2n) is 8.39. The van der Waals surface area contributed by atoms with Crippen LogP contribution < -0.4 is 4.90 Å². The third-order valence-electron chi connectivity index (χ3n) is 5.73. The van der Waals surface area contributed by atoms with Crippen molar-refractivity contribution in [2.75, 3.05) is 18.0 Å². The van der Waals surface area contributed by atoms with Crippen LogP contribution in [0.2, 0.25) is 0 Å². The van der Waals surface area contributed by atoms with Gasteiger partial charge in [-0.25, -0.2) is 9.97 Å². The minimum Gasteiger partial charge on any atom is -0.356 e. The van der Waals surface area contributed by atoms with Gasteiger partial charge in [0.05, 0.1) is 16.8 Å². The zero-order chi connectivity index (χ0) is 24.8. The normalized spacial score (nSPS) is 11.5. The molecule has 0 amide bonds. The van der Waals surface area contributed by atoms with Crippen LogP contribution in [0.25, 0.3) is 33.8 Å². The summed E-state index contributed by atoms with van der Waals surface area (Å²) in [6, 6.07) is 24.6. The standard InChI is InChI=1S/C29H28F3N3/c1-3-18-35(19-4-2)28-25(21-12-7-5-8-13-21)26(23-16-11-17-24(20-23)29(30,31)32)33-27(34-28)22-14-9-6-10-15-22/h5-17,20H,3-4,18-19H2,1-2H3. The Kier molecular flexibility index (Phi) is 7.49. The van der Waals surface area contributed by atoms with E-state index in [4.69, 9.17) is 9.97 Å². The van der Waals surface area contributed by atoms with Gasteiger partial charge in [-0.2, -0.15) is 13.2 Å². The van der Waals surface area contributed by atoms with Crippen molar-refractivity contribution in [3.8, 4) is 33.8 Å². The second kappa shape index (κ2) is 10.7. The summed E-state index contributed by atoms with van der Waals surface area (Å²) in [7, 11) is 0. The molecular weight excluding hydrogens is 447 g/mol. The van der Waals surface area contributed by atoms with E-state index in [0.29, 0.717) is 17.1 Å². The van der Waals surface area contributed by atoms with E-state index in [1.807, 2.05) is 60.7 Å². The van der Waals surface area contributed by atoms with E-state index in [1.54, 1.807) is 6.07 Å². The summed E-state index contributed by atoms with van der Waals surface area (Å²) in [5, 5.41) is 0. The third-order valence-corrected chi connectivity index (χ3v) is 5.73. The summed E-state index contributed by atoms with van der Waals surface area (Å²) < 4.78 is 40.9. The Morgan fingerprint density at radius 2 is 1.26 bits per heavy atom. The number of aromatic nitrogens is 2. The molecule has 3 nitrogen and oxygen atoms in total. The predicted molar refractivity (Wildman–Crippen MR) is 136 cm³/mol. The molecule has 180 valence electrons. The molecule has 0 spiro atoms. The topological polar surface area (TPSA) is 29.0 Å². The van der Waals surface area contributed by atoms with Crippen molar-refractivity contribution in [3.05, 3.63) is 90.5 Å². The van der Waals surface area contributed by atoms with Gasteiger partial charge in [0.15, 0.2) is 5.82 Å². The van der Waals surface area contributed by atoms with Gasteiger partial charge < -0.3 is 4.90 Å². The largest absolute Gasteiger partial charge is 0.416 e. The molecule has 0 saturated carbocycles. The smallest absolute Gasteiger partial charge is 0.356 e. The third kappa shape index (κ3) is 5.53. The van der Waals surface area contributed by atoms with Crippen molar-refractivity contribution < 1.29 is 13.2 Å². The summed E-state index contributed by atoms with van der Waals surface area (Å²) in [6.07, 6.45) is -2.62. The Morgan fingerprint density at radius 3 is 1.83 bits per heavy atom. The number of rotatable bonds is 8. The Balaban J connectivity index is 2.07. The quantitative estimate of drug-likeness (QED) is 0.258. The van der Waals surface area contributed by atoms with Crippen molar-refractivity contribution in [2.24, 2.45) is 0 Å². The van der Waals surface area contributed by atoms with Gasteiger partial charge in [-0.3, -0.25) is 0 Å². The molecule has 1 heterocycles. The maximum absolute atomic E-state index is 13.6. The molecule has 1 aromatic heterocycles. The summed E-state index contributed by atoms with van der Waals surface area (Å²) in [5.41, 5.74) is 2.62. The molecule has 6 heteroatoms. The Bertz CT molecular complexity index is 1250. The number of hydrogen-bond donors (Lipinski definition) is 0. The van der Waals surface area contributed by atoms with Crippen LogP contribution in [0, 0.1) is 0 Å². The highest BCUT2D eigenvalue weighted by molar-refractivity contribution is 5.90. The predicted octanol–water partition coefficient (Wildman–Crippen LogP) is 8.12. The lowest BCUT2D eigenvalue weighted by Crippen LogP contribution is -2.27. The molecule has 0 aliphatic heterocycles. The van der Waals surface area contributed by atoms with E-state index in [-0.39, 0.29) is 0 Å². The second-order valence-corrected chi connectivity index (χ2v) is 8.39. The van der Waals surface area contributed by atoms with E-state index >= 15 is 0 Å². The number of hydrogen-bond acceptors (Lipinski definition) is 3. The van der Waals surface area contributed by atoms with Gasteiger partial charge in [0.1, 0.15) is 5.82 Å². The molecular formula is C29H28F3N3. The zero-order valence-electron chi connectivity index (χ0n) is 19.9. The average Bonchev–Trinajstić information content (AvgIpc) is 2.88. The highest BCUT2D eigenvalue weighted by Gasteiger charge is 2.31. The lowest BCUT2D eigenvalue weighted by molar-refractivity contribution is -0.137.